The molecule has 2 aromatic rings. The molecular weight excluding hydrogens is 386 g/mol. The molecule has 0 radical (unpaired) electrons. The van der Waals surface area contributed by atoms with Gasteiger partial charge in [0.25, 0.3) is 0 Å². The average Bonchev–Trinajstić information content (AvgIpc) is 3.40. The van der Waals surface area contributed by atoms with Crippen molar-refractivity contribution in [3.05, 3.63) is 34.2 Å². The zero-order valence-corrected chi connectivity index (χ0v) is 18.0. The number of anilines is 1. The molecular formula is C21H29N5O2S. The fraction of sp³-hybridized carbons (Fsp3) is 0.571. The van der Waals surface area contributed by atoms with Crippen molar-refractivity contribution < 1.29 is 9.53 Å². The molecule has 29 heavy (non-hydrogen) atoms. The quantitative estimate of drug-likeness (QED) is 0.723. The summed E-state index contributed by atoms with van der Waals surface area (Å²) >= 11 is 1.75. The van der Waals surface area contributed by atoms with Gasteiger partial charge in [0.1, 0.15) is 0 Å². The SMILES string of the molecule is CCOc1cc(C)nc(N2CCN(CC(=O)N3CCCC3c3cccs3)CC2)n1. The Balaban J connectivity index is 1.32. The maximum absolute atomic E-state index is 13.0. The van der Waals surface area contributed by atoms with Gasteiger partial charge in [0.05, 0.1) is 19.2 Å². The van der Waals surface area contributed by atoms with E-state index in [1.165, 1.54) is 4.88 Å². The molecule has 0 bridgehead atoms. The monoisotopic (exact) mass is 415 g/mol. The Morgan fingerprint density at radius 1 is 1.24 bits per heavy atom. The molecule has 2 aliphatic heterocycles. The molecule has 2 saturated heterocycles. The van der Waals surface area contributed by atoms with Crippen LogP contribution in [0.2, 0.25) is 0 Å². The number of aromatic nitrogens is 2. The Hall–Kier alpha value is -2.19. The average molecular weight is 416 g/mol. The molecule has 2 aromatic heterocycles. The van der Waals surface area contributed by atoms with Gasteiger partial charge in [-0.15, -0.1) is 11.3 Å². The molecule has 0 aromatic carbocycles. The first-order chi connectivity index (χ1) is 14.1. The van der Waals surface area contributed by atoms with Gasteiger partial charge in [0, 0.05) is 49.4 Å². The number of rotatable bonds is 6. The van der Waals surface area contributed by atoms with Crippen LogP contribution in [0, 0.1) is 6.92 Å². The van der Waals surface area contributed by atoms with Crippen molar-refractivity contribution in [2.45, 2.75) is 32.7 Å². The second-order valence-electron chi connectivity index (χ2n) is 7.60. The fourth-order valence-corrected chi connectivity index (χ4v) is 4.99. The third-order valence-corrected chi connectivity index (χ3v) is 6.54. The van der Waals surface area contributed by atoms with Gasteiger partial charge < -0.3 is 14.5 Å². The van der Waals surface area contributed by atoms with E-state index in [4.69, 9.17) is 4.74 Å². The summed E-state index contributed by atoms with van der Waals surface area (Å²) in [5.74, 6) is 1.60. The molecule has 2 fully saturated rings. The predicted molar refractivity (Wildman–Crippen MR) is 115 cm³/mol. The van der Waals surface area contributed by atoms with E-state index < -0.39 is 0 Å². The number of hydrogen-bond donors (Lipinski definition) is 0. The van der Waals surface area contributed by atoms with Crippen LogP contribution in [0.4, 0.5) is 5.95 Å². The Bertz CT molecular complexity index is 820. The van der Waals surface area contributed by atoms with Crippen LogP contribution < -0.4 is 9.64 Å². The minimum Gasteiger partial charge on any atom is -0.478 e. The van der Waals surface area contributed by atoms with Gasteiger partial charge in [-0.2, -0.15) is 4.98 Å². The number of carbonyl (C=O) groups is 1. The smallest absolute Gasteiger partial charge is 0.237 e. The molecule has 1 atom stereocenters. The van der Waals surface area contributed by atoms with Gasteiger partial charge in [0.2, 0.25) is 17.7 Å². The van der Waals surface area contributed by atoms with Gasteiger partial charge in [-0.3, -0.25) is 9.69 Å². The zero-order chi connectivity index (χ0) is 20.2. The molecule has 1 unspecified atom stereocenters. The molecule has 4 heterocycles. The van der Waals surface area contributed by atoms with Crippen molar-refractivity contribution >= 4 is 23.2 Å². The van der Waals surface area contributed by atoms with Crippen molar-refractivity contribution in [2.24, 2.45) is 0 Å². The lowest BCUT2D eigenvalue weighted by atomic mass is 10.2. The number of thiophene rings is 1. The number of ether oxygens (including phenoxy) is 1. The van der Waals surface area contributed by atoms with E-state index in [2.05, 4.69) is 42.2 Å². The summed E-state index contributed by atoms with van der Waals surface area (Å²) in [5.41, 5.74) is 0.907. The Morgan fingerprint density at radius 3 is 2.79 bits per heavy atom. The highest BCUT2D eigenvalue weighted by atomic mass is 32.1. The maximum Gasteiger partial charge on any atom is 0.237 e. The number of hydrogen-bond acceptors (Lipinski definition) is 7. The van der Waals surface area contributed by atoms with Crippen molar-refractivity contribution in [3.63, 3.8) is 0 Å². The highest BCUT2D eigenvalue weighted by Gasteiger charge is 2.32. The third kappa shape index (κ3) is 4.70. The van der Waals surface area contributed by atoms with E-state index in [0.29, 0.717) is 19.0 Å². The zero-order valence-electron chi connectivity index (χ0n) is 17.2. The molecule has 0 spiro atoms. The van der Waals surface area contributed by atoms with Crippen LogP contribution in [0.25, 0.3) is 0 Å². The van der Waals surface area contributed by atoms with Gasteiger partial charge in [-0.25, -0.2) is 4.98 Å². The molecule has 156 valence electrons. The van der Waals surface area contributed by atoms with Gasteiger partial charge in [-0.1, -0.05) is 6.07 Å². The Kier molecular flexibility index (Phi) is 6.30. The van der Waals surface area contributed by atoms with Crippen LogP contribution >= 0.6 is 11.3 Å². The van der Waals surface area contributed by atoms with Crippen LogP contribution in [0.1, 0.15) is 36.4 Å². The minimum absolute atomic E-state index is 0.250. The molecule has 7 nitrogen and oxygen atoms in total. The molecule has 1 amide bonds. The summed E-state index contributed by atoms with van der Waals surface area (Å²) in [5, 5.41) is 2.10. The number of carbonyl (C=O) groups excluding carboxylic acids is 1. The molecule has 8 heteroatoms. The molecule has 4 rings (SSSR count). The number of amides is 1. The normalized spacial score (nSPS) is 20.3. The third-order valence-electron chi connectivity index (χ3n) is 5.57. The summed E-state index contributed by atoms with van der Waals surface area (Å²) in [6.45, 7) is 9.18. The fourth-order valence-electron chi connectivity index (χ4n) is 4.12. The number of piperazine rings is 1. The second kappa shape index (κ2) is 9.09. The minimum atomic E-state index is 0.250. The number of likely N-dealkylation sites (tertiary alicyclic amines) is 1. The molecule has 2 aliphatic rings. The lowest BCUT2D eigenvalue weighted by Gasteiger charge is -2.35. The van der Waals surface area contributed by atoms with Gasteiger partial charge >= 0.3 is 0 Å². The largest absolute Gasteiger partial charge is 0.478 e. The highest BCUT2D eigenvalue weighted by Crippen LogP contribution is 2.34. The molecule has 0 N–H and O–H groups in total. The topological polar surface area (TPSA) is 61.8 Å². The molecule has 0 saturated carbocycles. The summed E-state index contributed by atoms with van der Waals surface area (Å²) in [7, 11) is 0. The van der Waals surface area contributed by atoms with Crippen LogP contribution in [-0.2, 0) is 4.79 Å². The van der Waals surface area contributed by atoms with E-state index in [1.807, 2.05) is 19.9 Å². The van der Waals surface area contributed by atoms with Crippen molar-refractivity contribution in [1.29, 1.82) is 0 Å². The van der Waals surface area contributed by atoms with Crippen LogP contribution in [0.3, 0.4) is 0 Å². The Labute approximate surface area is 176 Å². The van der Waals surface area contributed by atoms with Crippen LogP contribution in [0.5, 0.6) is 5.88 Å². The predicted octanol–water partition coefficient (Wildman–Crippen LogP) is 2.73. The Morgan fingerprint density at radius 2 is 2.07 bits per heavy atom. The first-order valence-electron chi connectivity index (χ1n) is 10.4. The van der Waals surface area contributed by atoms with E-state index >= 15 is 0 Å². The van der Waals surface area contributed by atoms with E-state index in [0.717, 1.165) is 57.2 Å². The van der Waals surface area contributed by atoms with E-state index in [-0.39, 0.29) is 11.9 Å². The van der Waals surface area contributed by atoms with Gasteiger partial charge in [-0.05, 0) is 38.1 Å². The maximum atomic E-state index is 13.0. The summed E-state index contributed by atoms with van der Waals surface area (Å²) in [4.78, 5) is 29.9. The first-order valence-corrected chi connectivity index (χ1v) is 11.3. The second-order valence-corrected chi connectivity index (χ2v) is 8.58. The van der Waals surface area contributed by atoms with Crippen molar-refractivity contribution in [1.82, 2.24) is 19.8 Å². The molecule has 0 aliphatic carbocycles. The number of nitrogens with zero attached hydrogens (tertiary/aromatic N) is 5. The lowest BCUT2D eigenvalue weighted by Crippen LogP contribution is -2.50. The lowest BCUT2D eigenvalue weighted by molar-refractivity contribution is -0.133. The van der Waals surface area contributed by atoms with Gasteiger partial charge in [0.15, 0.2) is 0 Å². The first kappa shape index (κ1) is 20.1. The van der Waals surface area contributed by atoms with E-state index in [9.17, 15) is 4.79 Å². The summed E-state index contributed by atoms with van der Waals surface area (Å²) in [6.07, 6.45) is 2.17. The van der Waals surface area contributed by atoms with Crippen molar-refractivity contribution in [3.8, 4) is 5.88 Å². The summed E-state index contributed by atoms with van der Waals surface area (Å²) < 4.78 is 5.55. The summed E-state index contributed by atoms with van der Waals surface area (Å²) in [6, 6.07) is 6.35. The van der Waals surface area contributed by atoms with Crippen LogP contribution in [-0.4, -0.2) is 71.6 Å². The number of aryl methyl sites for hydroxylation is 1. The standard InChI is InChI=1S/C21H29N5O2S/c1-3-28-19-14-16(2)22-21(23-19)25-11-9-24(10-12-25)15-20(27)26-8-4-6-17(26)18-7-5-13-29-18/h5,7,13-14,17H,3-4,6,8-12,15H2,1-2H3. The van der Waals surface area contributed by atoms with Crippen molar-refractivity contribution in [2.75, 3.05) is 50.8 Å². The highest BCUT2D eigenvalue weighted by molar-refractivity contribution is 7.10. The van der Waals surface area contributed by atoms with E-state index in [1.54, 1.807) is 11.3 Å². The van der Waals surface area contributed by atoms with Crippen LogP contribution in [0.15, 0.2) is 23.6 Å².